The minimum absolute atomic E-state index is 0.108. The molecule has 0 aliphatic heterocycles. The first-order chi connectivity index (χ1) is 7.50. The lowest BCUT2D eigenvalue weighted by Crippen LogP contribution is -2.41. The smallest absolute Gasteiger partial charge is 0.142 e. The number of Topliss-reactive ketones (excluding diaryl/α,β-unsaturated/α-hetero) is 1. The fourth-order valence-electron chi connectivity index (χ4n) is 1.90. The maximum absolute atomic E-state index is 13.5. The first-order valence-electron chi connectivity index (χ1n) is 4.57. The van der Waals surface area contributed by atoms with Crippen molar-refractivity contribution < 1.29 is 13.6 Å². The van der Waals surface area contributed by atoms with E-state index in [0.717, 1.165) is 12.1 Å². The average molecular weight is 242 g/mol. The number of hydrogen-bond donors (Lipinski definition) is 0. The molecule has 0 amide bonds. The summed E-state index contributed by atoms with van der Waals surface area (Å²) < 4.78 is 26.7. The number of halogens is 3. The van der Waals surface area contributed by atoms with Crippen LogP contribution in [0, 0.1) is 23.0 Å². The molecule has 0 heterocycles. The molecule has 1 aliphatic rings. The van der Waals surface area contributed by atoms with Crippen molar-refractivity contribution in [3.63, 3.8) is 0 Å². The van der Waals surface area contributed by atoms with Crippen molar-refractivity contribution in [1.29, 1.82) is 5.26 Å². The summed E-state index contributed by atoms with van der Waals surface area (Å²) in [5.41, 5.74) is -1.49. The summed E-state index contributed by atoms with van der Waals surface area (Å²) in [5, 5.41) is 8.59. The Morgan fingerprint density at radius 2 is 1.88 bits per heavy atom. The highest BCUT2D eigenvalue weighted by molar-refractivity contribution is 6.31. The van der Waals surface area contributed by atoms with E-state index < -0.39 is 22.1 Å². The van der Waals surface area contributed by atoms with Crippen LogP contribution in [0.25, 0.3) is 0 Å². The van der Waals surface area contributed by atoms with Crippen molar-refractivity contribution in [1.82, 2.24) is 0 Å². The Hall–Kier alpha value is -1.47. The Bertz CT molecular complexity index is 513. The van der Waals surface area contributed by atoms with Crippen molar-refractivity contribution in [2.45, 2.75) is 18.3 Å². The monoisotopic (exact) mass is 241 g/mol. The standard InChI is InChI=1S/C11H6ClF2NO/c12-10-8(14)2-1-7(13)9(10)11(5-15)3-6(16)4-11/h1-2H,3-4H2. The first-order valence-corrected chi connectivity index (χ1v) is 4.95. The minimum Gasteiger partial charge on any atom is -0.300 e. The van der Waals surface area contributed by atoms with E-state index in [9.17, 15) is 13.6 Å². The Balaban J connectivity index is 2.60. The molecule has 0 aromatic heterocycles. The summed E-state index contributed by atoms with van der Waals surface area (Å²) in [4.78, 5) is 10.9. The lowest BCUT2D eigenvalue weighted by atomic mass is 9.64. The highest BCUT2D eigenvalue weighted by Crippen LogP contribution is 2.45. The first kappa shape index (κ1) is 11.0. The van der Waals surface area contributed by atoms with Crippen LogP contribution in [0.1, 0.15) is 18.4 Å². The second kappa shape index (κ2) is 3.53. The van der Waals surface area contributed by atoms with Gasteiger partial charge in [0, 0.05) is 18.4 Å². The largest absolute Gasteiger partial charge is 0.300 e. The average Bonchev–Trinajstić information content (AvgIpc) is 2.21. The summed E-state index contributed by atoms with van der Waals surface area (Å²) in [6.45, 7) is 0. The number of nitrogens with zero attached hydrogens (tertiary/aromatic N) is 1. The Labute approximate surface area is 95.4 Å². The van der Waals surface area contributed by atoms with Gasteiger partial charge in [0.05, 0.1) is 11.1 Å². The Morgan fingerprint density at radius 1 is 1.31 bits per heavy atom. The fourth-order valence-corrected chi connectivity index (χ4v) is 2.23. The van der Waals surface area contributed by atoms with Gasteiger partial charge in [0.1, 0.15) is 22.8 Å². The molecular weight excluding hydrogens is 236 g/mol. The van der Waals surface area contributed by atoms with Gasteiger partial charge in [-0.2, -0.15) is 5.26 Å². The molecule has 16 heavy (non-hydrogen) atoms. The number of carbonyl (C=O) groups is 1. The van der Waals surface area contributed by atoms with E-state index >= 15 is 0 Å². The van der Waals surface area contributed by atoms with Crippen LogP contribution in [-0.4, -0.2) is 5.78 Å². The van der Waals surface area contributed by atoms with Gasteiger partial charge in [0.15, 0.2) is 0 Å². The van der Waals surface area contributed by atoms with Gasteiger partial charge < -0.3 is 0 Å². The molecule has 2 nitrogen and oxygen atoms in total. The molecule has 1 aromatic carbocycles. The van der Waals surface area contributed by atoms with Gasteiger partial charge in [-0.15, -0.1) is 0 Å². The number of nitriles is 1. The molecule has 1 aromatic rings. The van der Waals surface area contributed by atoms with Crippen LogP contribution in [0.2, 0.25) is 5.02 Å². The second-order valence-corrected chi connectivity index (χ2v) is 4.18. The lowest BCUT2D eigenvalue weighted by Gasteiger charge is -2.34. The molecule has 1 aliphatic carbocycles. The molecule has 82 valence electrons. The summed E-state index contributed by atoms with van der Waals surface area (Å²) in [6, 6.07) is 3.67. The highest BCUT2D eigenvalue weighted by Gasteiger charge is 2.48. The summed E-state index contributed by atoms with van der Waals surface area (Å²) >= 11 is 5.64. The molecule has 1 saturated carbocycles. The van der Waals surface area contributed by atoms with Crippen LogP contribution >= 0.6 is 11.6 Å². The zero-order valence-corrected chi connectivity index (χ0v) is 8.81. The normalized spacial score (nSPS) is 17.8. The summed E-state index contributed by atoms with van der Waals surface area (Å²) in [6.07, 6.45) is -0.215. The van der Waals surface area contributed by atoms with Crippen molar-refractivity contribution in [2.75, 3.05) is 0 Å². The van der Waals surface area contributed by atoms with E-state index in [-0.39, 0.29) is 24.2 Å². The quantitative estimate of drug-likeness (QED) is 0.710. The van der Waals surface area contributed by atoms with Gasteiger partial charge in [-0.1, -0.05) is 11.6 Å². The zero-order chi connectivity index (χ0) is 11.9. The molecule has 5 heteroatoms. The van der Waals surface area contributed by atoms with Gasteiger partial charge in [-0.05, 0) is 12.1 Å². The van der Waals surface area contributed by atoms with E-state index in [2.05, 4.69) is 0 Å². The molecule has 0 atom stereocenters. The molecule has 0 bridgehead atoms. The minimum atomic E-state index is -1.29. The zero-order valence-electron chi connectivity index (χ0n) is 8.06. The SMILES string of the molecule is N#CC1(c2c(F)ccc(F)c2Cl)CC(=O)C1. The molecular formula is C11H6ClF2NO. The van der Waals surface area contributed by atoms with E-state index in [1.807, 2.05) is 6.07 Å². The van der Waals surface area contributed by atoms with Crippen LogP contribution < -0.4 is 0 Å². The van der Waals surface area contributed by atoms with E-state index in [1.165, 1.54) is 0 Å². The predicted octanol–water partition coefficient (Wildman–Crippen LogP) is 2.74. The van der Waals surface area contributed by atoms with Gasteiger partial charge in [-0.25, -0.2) is 8.78 Å². The van der Waals surface area contributed by atoms with Crippen LogP contribution in [0.3, 0.4) is 0 Å². The molecule has 2 rings (SSSR count). The number of carbonyl (C=O) groups excluding carboxylic acids is 1. The van der Waals surface area contributed by atoms with Crippen molar-refractivity contribution in [2.24, 2.45) is 0 Å². The third kappa shape index (κ3) is 1.40. The van der Waals surface area contributed by atoms with Crippen LogP contribution in [0.15, 0.2) is 12.1 Å². The number of rotatable bonds is 1. The van der Waals surface area contributed by atoms with Crippen molar-refractivity contribution in [3.05, 3.63) is 34.4 Å². The van der Waals surface area contributed by atoms with Gasteiger partial charge >= 0.3 is 0 Å². The Morgan fingerprint density at radius 3 is 2.38 bits per heavy atom. The fraction of sp³-hybridized carbons (Fsp3) is 0.273. The Kier molecular flexibility index (Phi) is 2.43. The van der Waals surface area contributed by atoms with Crippen LogP contribution in [0.4, 0.5) is 8.78 Å². The molecule has 0 saturated heterocycles. The van der Waals surface area contributed by atoms with Crippen LogP contribution in [0.5, 0.6) is 0 Å². The summed E-state index contributed by atoms with van der Waals surface area (Å²) in [5.74, 6) is -1.69. The van der Waals surface area contributed by atoms with Gasteiger partial charge in [0.2, 0.25) is 0 Å². The second-order valence-electron chi connectivity index (χ2n) is 3.80. The highest BCUT2D eigenvalue weighted by atomic mass is 35.5. The van der Waals surface area contributed by atoms with Crippen molar-refractivity contribution in [3.8, 4) is 6.07 Å². The molecule has 0 radical (unpaired) electrons. The van der Waals surface area contributed by atoms with Gasteiger partial charge in [-0.3, -0.25) is 4.79 Å². The van der Waals surface area contributed by atoms with Gasteiger partial charge in [0.25, 0.3) is 0 Å². The van der Waals surface area contributed by atoms with Crippen LogP contribution in [-0.2, 0) is 10.2 Å². The lowest BCUT2D eigenvalue weighted by molar-refractivity contribution is -0.126. The van der Waals surface area contributed by atoms with E-state index in [1.54, 1.807) is 0 Å². The third-order valence-electron chi connectivity index (χ3n) is 2.73. The third-order valence-corrected chi connectivity index (χ3v) is 3.10. The van der Waals surface area contributed by atoms with E-state index in [0.29, 0.717) is 0 Å². The van der Waals surface area contributed by atoms with E-state index in [4.69, 9.17) is 16.9 Å². The predicted molar refractivity (Wildman–Crippen MR) is 52.9 cm³/mol. The number of benzene rings is 1. The maximum Gasteiger partial charge on any atom is 0.142 e. The molecule has 0 unspecified atom stereocenters. The molecule has 0 spiro atoms. The van der Waals surface area contributed by atoms with Crippen molar-refractivity contribution >= 4 is 17.4 Å². The molecule has 1 fully saturated rings. The summed E-state index contributed by atoms with van der Waals surface area (Å²) in [7, 11) is 0. The topological polar surface area (TPSA) is 40.9 Å². The number of ketones is 1. The number of hydrogen-bond acceptors (Lipinski definition) is 2. The molecule has 0 N–H and O–H groups in total. The maximum atomic E-state index is 13.5.